The number of hydrogen-bond donors (Lipinski definition) is 0. The second kappa shape index (κ2) is 8.96. The Kier molecular flexibility index (Phi) is 8.22. The Morgan fingerprint density at radius 2 is 2.12 bits per heavy atom. The normalized spacial score (nSPS) is 14.6. The maximum absolute atomic E-state index is 11.2. The van der Waals surface area contributed by atoms with Gasteiger partial charge in [0.25, 0.3) is 0 Å². The van der Waals surface area contributed by atoms with E-state index in [2.05, 4.69) is 0 Å². The van der Waals surface area contributed by atoms with Gasteiger partial charge in [-0.15, -0.1) is 0 Å². The molecule has 0 aliphatic carbocycles. The minimum atomic E-state index is -0.131. The summed E-state index contributed by atoms with van der Waals surface area (Å²) < 4.78 is 4.88. The van der Waals surface area contributed by atoms with Crippen molar-refractivity contribution >= 4 is 5.97 Å². The summed E-state index contributed by atoms with van der Waals surface area (Å²) in [5.74, 6) is 0.0857. The molecule has 0 saturated carbocycles. The Morgan fingerprint density at radius 1 is 1.44 bits per heavy atom. The van der Waals surface area contributed by atoms with Gasteiger partial charge in [0.2, 0.25) is 0 Å². The average molecular weight is 222 g/mol. The van der Waals surface area contributed by atoms with Crippen LogP contribution in [-0.4, -0.2) is 12.6 Å². The van der Waals surface area contributed by atoms with E-state index in [4.69, 9.17) is 4.74 Å². The number of carbonyl (C=O) groups excluding carboxylic acids is 1. The molecule has 0 fully saturated rings. The molecule has 0 spiro atoms. The van der Waals surface area contributed by atoms with Gasteiger partial charge >= 0.3 is 5.97 Å². The van der Waals surface area contributed by atoms with Crippen LogP contribution in [0.1, 0.15) is 34.1 Å². The Morgan fingerprint density at radius 3 is 2.69 bits per heavy atom. The lowest BCUT2D eigenvalue weighted by Gasteiger charge is -2.04. The lowest BCUT2D eigenvalue weighted by Crippen LogP contribution is -2.07. The van der Waals surface area contributed by atoms with Crippen molar-refractivity contribution in [1.29, 1.82) is 0 Å². The second-order valence-corrected chi connectivity index (χ2v) is 3.78. The van der Waals surface area contributed by atoms with Crippen LogP contribution in [0.4, 0.5) is 0 Å². The molecule has 0 saturated heterocycles. The average Bonchev–Trinajstić information content (AvgIpc) is 2.18. The van der Waals surface area contributed by atoms with E-state index in [1.807, 2.05) is 58.1 Å². The van der Waals surface area contributed by atoms with Crippen molar-refractivity contribution in [3.8, 4) is 0 Å². The van der Waals surface area contributed by atoms with Gasteiger partial charge in [0.15, 0.2) is 0 Å². The first kappa shape index (κ1) is 14.7. The summed E-state index contributed by atoms with van der Waals surface area (Å²) in [5, 5.41) is 0. The van der Waals surface area contributed by atoms with E-state index in [9.17, 15) is 4.79 Å². The van der Waals surface area contributed by atoms with Crippen LogP contribution in [0, 0.1) is 5.92 Å². The van der Waals surface area contributed by atoms with Crippen molar-refractivity contribution in [2.24, 2.45) is 5.92 Å². The molecule has 1 atom stereocenters. The first-order chi connectivity index (χ1) is 7.60. The first-order valence-electron chi connectivity index (χ1n) is 5.73. The van der Waals surface area contributed by atoms with E-state index in [1.54, 1.807) is 0 Å². The molecule has 2 nitrogen and oxygen atoms in total. The number of esters is 1. The molecule has 0 unspecified atom stereocenters. The molecule has 0 N–H and O–H groups in total. The van der Waals surface area contributed by atoms with E-state index in [0.29, 0.717) is 13.0 Å². The Hall–Kier alpha value is -1.31. The van der Waals surface area contributed by atoms with Gasteiger partial charge in [-0.3, -0.25) is 4.79 Å². The zero-order chi connectivity index (χ0) is 12.4. The summed E-state index contributed by atoms with van der Waals surface area (Å²) >= 11 is 0. The zero-order valence-electron chi connectivity index (χ0n) is 10.7. The molecular formula is C14H22O2. The largest absolute Gasteiger partial charge is 0.466 e. The molecule has 2 heteroatoms. The summed E-state index contributed by atoms with van der Waals surface area (Å²) in [5.41, 5.74) is 1.20. The molecule has 0 aliphatic rings. The topological polar surface area (TPSA) is 26.3 Å². The number of allylic oxidation sites excluding steroid dienone is 6. The molecule has 0 aromatic carbocycles. The number of carbonyl (C=O) groups is 1. The Bertz CT molecular complexity index is 285. The van der Waals surface area contributed by atoms with Crippen molar-refractivity contribution < 1.29 is 9.53 Å². The molecule has 90 valence electrons. The SMILES string of the molecule is C/C=C/C(C)=C\C=C\[C@H](C)CC(=O)OCC. The summed E-state index contributed by atoms with van der Waals surface area (Å²) in [6, 6.07) is 0. The highest BCUT2D eigenvalue weighted by atomic mass is 16.5. The minimum absolute atomic E-state index is 0.131. The molecule has 0 heterocycles. The molecule has 0 aromatic rings. The van der Waals surface area contributed by atoms with E-state index in [0.717, 1.165) is 0 Å². The predicted molar refractivity (Wildman–Crippen MR) is 68.1 cm³/mol. The van der Waals surface area contributed by atoms with Crippen LogP contribution in [0.2, 0.25) is 0 Å². The van der Waals surface area contributed by atoms with Crippen molar-refractivity contribution in [1.82, 2.24) is 0 Å². The van der Waals surface area contributed by atoms with Gasteiger partial charge in [-0.05, 0) is 26.7 Å². The maximum Gasteiger partial charge on any atom is 0.306 e. The third kappa shape index (κ3) is 8.04. The van der Waals surface area contributed by atoms with Gasteiger partial charge in [0, 0.05) is 0 Å². The fraction of sp³-hybridized carbons (Fsp3) is 0.500. The van der Waals surface area contributed by atoms with Crippen LogP contribution in [0.5, 0.6) is 0 Å². The molecule has 16 heavy (non-hydrogen) atoms. The minimum Gasteiger partial charge on any atom is -0.466 e. The van der Waals surface area contributed by atoms with Crippen molar-refractivity contribution in [2.75, 3.05) is 6.61 Å². The van der Waals surface area contributed by atoms with Crippen molar-refractivity contribution in [2.45, 2.75) is 34.1 Å². The van der Waals surface area contributed by atoms with Gasteiger partial charge in [0.05, 0.1) is 13.0 Å². The molecule has 0 bridgehead atoms. The van der Waals surface area contributed by atoms with E-state index >= 15 is 0 Å². The summed E-state index contributed by atoms with van der Waals surface area (Å²) in [7, 11) is 0. The molecule has 0 radical (unpaired) electrons. The first-order valence-corrected chi connectivity index (χ1v) is 5.73. The van der Waals surface area contributed by atoms with E-state index in [1.165, 1.54) is 5.57 Å². The van der Waals surface area contributed by atoms with E-state index in [-0.39, 0.29) is 11.9 Å². The molecule has 0 aliphatic heterocycles. The van der Waals surface area contributed by atoms with Crippen LogP contribution < -0.4 is 0 Å². The fourth-order valence-corrected chi connectivity index (χ4v) is 1.27. The number of rotatable bonds is 6. The molecule has 0 rings (SSSR count). The monoisotopic (exact) mass is 222 g/mol. The maximum atomic E-state index is 11.2. The Labute approximate surface area is 98.7 Å². The summed E-state index contributed by atoms with van der Waals surface area (Å²) in [6.07, 6.45) is 10.5. The highest BCUT2D eigenvalue weighted by Crippen LogP contribution is 2.06. The highest BCUT2D eigenvalue weighted by Gasteiger charge is 2.05. The summed E-state index contributed by atoms with van der Waals surface area (Å²) in [6.45, 7) is 8.31. The lowest BCUT2D eigenvalue weighted by atomic mass is 10.1. The zero-order valence-corrected chi connectivity index (χ0v) is 10.7. The van der Waals surface area contributed by atoms with Gasteiger partial charge in [-0.25, -0.2) is 0 Å². The smallest absolute Gasteiger partial charge is 0.306 e. The van der Waals surface area contributed by atoms with Crippen LogP contribution in [0.15, 0.2) is 36.0 Å². The van der Waals surface area contributed by atoms with Crippen LogP contribution in [0.25, 0.3) is 0 Å². The third-order valence-corrected chi connectivity index (χ3v) is 2.02. The molecule has 0 amide bonds. The van der Waals surface area contributed by atoms with Gasteiger partial charge in [0.1, 0.15) is 0 Å². The summed E-state index contributed by atoms with van der Waals surface area (Å²) in [4.78, 5) is 11.2. The van der Waals surface area contributed by atoms with Crippen LogP contribution in [0.3, 0.4) is 0 Å². The second-order valence-electron chi connectivity index (χ2n) is 3.78. The van der Waals surface area contributed by atoms with Crippen LogP contribution in [-0.2, 0) is 9.53 Å². The number of hydrogen-bond acceptors (Lipinski definition) is 2. The highest BCUT2D eigenvalue weighted by molar-refractivity contribution is 5.69. The van der Waals surface area contributed by atoms with Gasteiger partial charge in [-0.2, -0.15) is 0 Å². The van der Waals surface area contributed by atoms with Crippen molar-refractivity contribution in [3.05, 3.63) is 36.0 Å². The third-order valence-electron chi connectivity index (χ3n) is 2.02. The Balaban J connectivity index is 4.04. The van der Waals surface area contributed by atoms with Crippen LogP contribution >= 0.6 is 0 Å². The molecular weight excluding hydrogens is 200 g/mol. The predicted octanol–water partition coefficient (Wildman–Crippen LogP) is 3.65. The standard InChI is InChI=1S/C14H22O2/c1-5-8-12(3)9-7-10-13(4)11-14(15)16-6-2/h5,7-10,13H,6,11H2,1-4H3/b8-5+,10-7+,12-9-/t13-/m0/s1. The van der Waals surface area contributed by atoms with Gasteiger partial charge in [-0.1, -0.05) is 42.9 Å². The van der Waals surface area contributed by atoms with Crippen molar-refractivity contribution in [3.63, 3.8) is 0 Å². The quantitative estimate of drug-likeness (QED) is 0.506. The lowest BCUT2D eigenvalue weighted by molar-refractivity contribution is -0.143. The van der Waals surface area contributed by atoms with E-state index < -0.39 is 0 Å². The fourth-order valence-electron chi connectivity index (χ4n) is 1.27. The van der Waals surface area contributed by atoms with Gasteiger partial charge < -0.3 is 4.74 Å². The molecule has 0 aromatic heterocycles. The number of ether oxygens (including phenoxy) is 1.